The average Bonchev–Trinajstić information content (AvgIpc) is 3.15. The van der Waals surface area contributed by atoms with Crippen molar-refractivity contribution in [3.63, 3.8) is 0 Å². The zero-order valence-electron chi connectivity index (χ0n) is 14.2. The maximum absolute atomic E-state index is 13.6. The molecule has 0 radical (unpaired) electrons. The fourth-order valence-corrected chi connectivity index (χ4v) is 2.81. The maximum atomic E-state index is 13.6. The molecule has 0 saturated heterocycles. The Bertz CT molecular complexity index is 915. The number of rotatable bonds is 5. The summed E-state index contributed by atoms with van der Waals surface area (Å²) in [5.74, 6) is -2.29. The number of fused-ring (bicyclic) bond motifs is 1. The van der Waals surface area contributed by atoms with Crippen molar-refractivity contribution < 1.29 is 13.6 Å². The lowest BCUT2D eigenvalue weighted by molar-refractivity contribution is -0.120. The molecule has 0 bridgehead atoms. The molecule has 3 rings (SSSR count). The Balaban J connectivity index is 1.95. The van der Waals surface area contributed by atoms with Crippen LogP contribution in [0.2, 0.25) is 0 Å². The van der Waals surface area contributed by atoms with Crippen LogP contribution in [0.3, 0.4) is 0 Å². The highest BCUT2D eigenvalue weighted by atomic mass is 19.2. The fraction of sp³-hybridized carbons (Fsp3) is 0.353. The lowest BCUT2D eigenvalue weighted by Gasteiger charge is -2.22. The predicted octanol–water partition coefficient (Wildman–Crippen LogP) is 3.37. The fourth-order valence-electron chi connectivity index (χ4n) is 2.81. The average molecular weight is 347 g/mol. The standard InChI is InChI=1S/C17H19F2N5O/c1-4-23-8-11(7-21-23)22-17(25)16(10(2)3)24-9-20-14-5-12(18)13(19)6-15(14)24/h5-10,16H,4H2,1-3H3,(H,22,25)/t16-/m0/s1. The second-order valence-corrected chi connectivity index (χ2v) is 6.17. The molecule has 1 aromatic carbocycles. The Hall–Kier alpha value is -2.77. The molecule has 0 aliphatic carbocycles. The first-order chi connectivity index (χ1) is 11.9. The Labute approximate surface area is 143 Å². The Morgan fingerprint density at radius 2 is 2.00 bits per heavy atom. The van der Waals surface area contributed by atoms with Gasteiger partial charge in [0.2, 0.25) is 5.91 Å². The number of aromatic nitrogens is 4. The van der Waals surface area contributed by atoms with Crippen molar-refractivity contribution in [2.75, 3.05) is 5.32 Å². The van der Waals surface area contributed by atoms with Crippen LogP contribution in [0.25, 0.3) is 11.0 Å². The monoisotopic (exact) mass is 347 g/mol. The number of hydrogen-bond acceptors (Lipinski definition) is 3. The third kappa shape index (κ3) is 3.24. The molecule has 1 amide bonds. The number of carbonyl (C=O) groups excluding carboxylic acids is 1. The number of imidazole rings is 1. The molecule has 2 aromatic heterocycles. The SMILES string of the molecule is CCn1cc(NC(=O)[C@H](C(C)C)n2cnc3cc(F)c(F)cc32)cn1. The van der Waals surface area contributed by atoms with Crippen LogP contribution in [0.15, 0.2) is 30.9 Å². The van der Waals surface area contributed by atoms with Crippen molar-refractivity contribution >= 4 is 22.6 Å². The van der Waals surface area contributed by atoms with E-state index in [0.29, 0.717) is 23.3 Å². The summed E-state index contributed by atoms with van der Waals surface area (Å²) in [5, 5.41) is 6.94. The maximum Gasteiger partial charge on any atom is 0.247 e. The van der Waals surface area contributed by atoms with Crippen LogP contribution in [-0.4, -0.2) is 25.2 Å². The summed E-state index contributed by atoms with van der Waals surface area (Å²) >= 11 is 0. The molecule has 0 saturated carbocycles. The molecular weight excluding hydrogens is 328 g/mol. The lowest BCUT2D eigenvalue weighted by atomic mass is 10.0. The summed E-state index contributed by atoms with van der Waals surface area (Å²) in [5.41, 5.74) is 1.26. The van der Waals surface area contributed by atoms with Gasteiger partial charge in [0.15, 0.2) is 11.6 Å². The van der Waals surface area contributed by atoms with Crippen LogP contribution in [0, 0.1) is 17.6 Å². The van der Waals surface area contributed by atoms with Gasteiger partial charge in [0.1, 0.15) is 6.04 Å². The first-order valence-corrected chi connectivity index (χ1v) is 8.05. The van der Waals surface area contributed by atoms with E-state index in [1.807, 2.05) is 20.8 Å². The van der Waals surface area contributed by atoms with Gasteiger partial charge in [-0.05, 0) is 12.8 Å². The number of nitrogens with zero attached hydrogens (tertiary/aromatic N) is 4. The summed E-state index contributed by atoms with van der Waals surface area (Å²) < 4.78 is 30.3. The van der Waals surface area contributed by atoms with Gasteiger partial charge in [-0.15, -0.1) is 0 Å². The van der Waals surface area contributed by atoms with E-state index in [1.165, 1.54) is 6.33 Å². The van der Waals surface area contributed by atoms with Crippen molar-refractivity contribution in [2.24, 2.45) is 5.92 Å². The number of anilines is 1. The van der Waals surface area contributed by atoms with Gasteiger partial charge in [0, 0.05) is 24.9 Å². The van der Waals surface area contributed by atoms with E-state index in [9.17, 15) is 13.6 Å². The molecule has 25 heavy (non-hydrogen) atoms. The molecule has 0 spiro atoms. The van der Waals surface area contributed by atoms with Gasteiger partial charge in [-0.2, -0.15) is 5.10 Å². The van der Waals surface area contributed by atoms with Gasteiger partial charge in [0.05, 0.1) is 29.2 Å². The summed E-state index contributed by atoms with van der Waals surface area (Å²) in [6, 6.07) is 1.47. The van der Waals surface area contributed by atoms with Gasteiger partial charge in [-0.25, -0.2) is 13.8 Å². The van der Waals surface area contributed by atoms with E-state index in [-0.39, 0.29) is 11.8 Å². The zero-order chi connectivity index (χ0) is 18.1. The van der Waals surface area contributed by atoms with Crippen LogP contribution in [-0.2, 0) is 11.3 Å². The van der Waals surface area contributed by atoms with Gasteiger partial charge in [-0.3, -0.25) is 9.48 Å². The molecular formula is C17H19F2N5O. The second-order valence-electron chi connectivity index (χ2n) is 6.17. The topological polar surface area (TPSA) is 64.7 Å². The van der Waals surface area contributed by atoms with E-state index in [2.05, 4.69) is 15.4 Å². The normalized spacial score (nSPS) is 12.7. The largest absolute Gasteiger partial charge is 0.322 e. The highest BCUT2D eigenvalue weighted by Crippen LogP contribution is 2.26. The minimum absolute atomic E-state index is 0.0910. The third-order valence-electron chi connectivity index (χ3n) is 4.04. The molecule has 2 heterocycles. The van der Waals surface area contributed by atoms with Gasteiger partial charge >= 0.3 is 0 Å². The number of hydrogen-bond donors (Lipinski definition) is 1. The minimum atomic E-state index is -0.971. The first kappa shape index (κ1) is 17.1. The lowest BCUT2D eigenvalue weighted by Crippen LogP contribution is -2.29. The first-order valence-electron chi connectivity index (χ1n) is 8.05. The minimum Gasteiger partial charge on any atom is -0.322 e. The van der Waals surface area contributed by atoms with E-state index in [1.54, 1.807) is 21.6 Å². The molecule has 0 aliphatic rings. The van der Waals surface area contributed by atoms with Crippen LogP contribution < -0.4 is 5.32 Å². The molecule has 6 nitrogen and oxygen atoms in total. The molecule has 0 unspecified atom stereocenters. The number of amides is 1. The Kier molecular flexibility index (Phi) is 4.52. The zero-order valence-corrected chi connectivity index (χ0v) is 14.2. The summed E-state index contributed by atoms with van der Waals surface area (Å²) in [6.07, 6.45) is 4.74. The summed E-state index contributed by atoms with van der Waals surface area (Å²) in [7, 11) is 0. The number of aryl methyl sites for hydroxylation is 1. The number of nitrogens with one attached hydrogen (secondary N) is 1. The highest BCUT2D eigenvalue weighted by Gasteiger charge is 2.26. The van der Waals surface area contributed by atoms with Crippen molar-refractivity contribution in [3.05, 3.63) is 42.5 Å². The van der Waals surface area contributed by atoms with Crippen molar-refractivity contribution in [3.8, 4) is 0 Å². The van der Waals surface area contributed by atoms with Gasteiger partial charge in [-0.1, -0.05) is 13.8 Å². The van der Waals surface area contributed by atoms with Crippen LogP contribution >= 0.6 is 0 Å². The number of benzene rings is 1. The molecule has 0 fully saturated rings. The molecule has 3 aromatic rings. The molecule has 1 atom stereocenters. The van der Waals surface area contributed by atoms with E-state index in [0.717, 1.165) is 12.1 Å². The Morgan fingerprint density at radius 1 is 1.28 bits per heavy atom. The molecule has 8 heteroatoms. The number of carbonyl (C=O) groups is 1. The third-order valence-corrected chi connectivity index (χ3v) is 4.04. The molecule has 1 N–H and O–H groups in total. The van der Waals surface area contributed by atoms with Gasteiger partial charge < -0.3 is 9.88 Å². The summed E-state index contributed by atoms with van der Waals surface area (Å²) in [6.45, 7) is 6.40. The van der Waals surface area contributed by atoms with Crippen LogP contribution in [0.4, 0.5) is 14.5 Å². The quantitative estimate of drug-likeness (QED) is 0.770. The van der Waals surface area contributed by atoms with Crippen molar-refractivity contribution in [2.45, 2.75) is 33.4 Å². The van der Waals surface area contributed by atoms with E-state index < -0.39 is 17.7 Å². The molecule has 0 aliphatic heterocycles. The second kappa shape index (κ2) is 6.62. The number of halogens is 2. The molecule has 132 valence electrons. The Morgan fingerprint density at radius 3 is 2.64 bits per heavy atom. The smallest absolute Gasteiger partial charge is 0.247 e. The van der Waals surface area contributed by atoms with Crippen molar-refractivity contribution in [1.82, 2.24) is 19.3 Å². The van der Waals surface area contributed by atoms with Crippen LogP contribution in [0.1, 0.15) is 26.8 Å². The van der Waals surface area contributed by atoms with Gasteiger partial charge in [0.25, 0.3) is 0 Å². The predicted molar refractivity (Wildman–Crippen MR) is 90.1 cm³/mol. The van der Waals surface area contributed by atoms with Crippen LogP contribution in [0.5, 0.6) is 0 Å². The summed E-state index contributed by atoms with van der Waals surface area (Å²) in [4.78, 5) is 16.9. The van der Waals surface area contributed by atoms with E-state index >= 15 is 0 Å². The van der Waals surface area contributed by atoms with E-state index in [4.69, 9.17) is 0 Å². The highest BCUT2D eigenvalue weighted by molar-refractivity contribution is 5.94. The van der Waals surface area contributed by atoms with Crippen molar-refractivity contribution in [1.29, 1.82) is 0 Å².